The lowest BCUT2D eigenvalue weighted by Crippen LogP contribution is -2.22. The number of aromatic nitrogens is 1. The molecule has 0 saturated carbocycles. The number of carboxylic acids is 1. The van der Waals surface area contributed by atoms with Crippen molar-refractivity contribution >= 4 is 5.97 Å². The fraction of sp³-hybridized carbons (Fsp3) is 0.400. The molecule has 0 fully saturated rings. The third-order valence-corrected chi connectivity index (χ3v) is 1.99. The summed E-state index contributed by atoms with van der Waals surface area (Å²) in [5.74, 6) is -0.974. The molecule has 0 aromatic carbocycles. The van der Waals surface area contributed by atoms with E-state index in [4.69, 9.17) is 10.2 Å². The van der Waals surface area contributed by atoms with Gasteiger partial charge in [-0.1, -0.05) is 0 Å². The van der Waals surface area contributed by atoms with Crippen molar-refractivity contribution in [1.82, 2.24) is 9.88 Å². The summed E-state index contributed by atoms with van der Waals surface area (Å²) in [5.41, 5.74) is 0.972. The van der Waals surface area contributed by atoms with Gasteiger partial charge in [0.25, 0.3) is 0 Å². The number of carboxylic acid groups (broad SMARTS) is 1. The normalized spacial score (nSPS) is 10.6. The number of carbonyl (C=O) groups is 1. The molecule has 0 aliphatic rings. The van der Waals surface area contributed by atoms with Crippen LogP contribution >= 0.6 is 0 Å². The van der Waals surface area contributed by atoms with E-state index in [2.05, 4.69) is 4.98 Å². The number of hydrogen-bond donors (Lipinski definition) is 2. The van der Waals surface area contributed by atoms with E-state index in [1.54, 1.807) is 6.07 Å². The minimum Gasteiger partial charge on any atom is -0.478 e. The molecule has 0 aliphatic carbocycles. The summed E-state index contributed by atoms with van der Waals surface area (Å²) in [6, 6.07) is 3.20. The highest BCUT2D eigenvalue weighted by atomic mass is 16.4. The number of aromatic carboxylic acids is 1. The Hall–Kier alpha value is -1.46. The maximum atomic E-state index is 10.6. The molecule has 0 aliphatic heterocycles. The van der Waals surface area contributed by atoms with Gasteiger partial charge in [0.1, 0.15) is 0 Å². The Bertz CT molecular complexity index is 324. The average molecular weight is 210 g/mol. The summed E-state index contributed by atoms with van der Waals surface area (Å²) in [4.78, 5) is 16.5. The van der Waals surface area contributed by atoms with Crippen LogP contribution in [0.15, 0.2) is 18.3 Å². The standard InChI is InChI=1S/C10H14N2O3/c1-12(4-5-13)7-9-3-2-8(6-11-9)10(14)15/h2-3,6,13H,4-5,7H2,1H3,(H,14,15). The van der Waals surface area contributed by atoms with Crippen LogP contribution in [0, 0.1) is 0 Å². The zero-order valence-electron chi connectivity index (χ0n) is 8.55. The van der Waals surface area contributed by atoms with Gasteiger partial charge in [0.05, 0.1) is 17.9 Å². The van der Waals surface area contributed by atoms with Crippen molar-refractivity contribution in [2.75, 3.05) is 20.2 Å². The van der Waals surface area contributed by atoms with Gasteiger partial charge >= 0.3 is 5.97 Å². The average Bonchev–Trinajstić information content (AvgIpc) is 2.18. The van der Waals surface area contributed by atoms with Gasteiger partial charge in [-0.3, -0.25) is 9.88 Å². The van der Waals surface area contributed by atoms with Gasteiger partial charge in [0, 0.05) is 19.3 Å². The zero-order chi connectivity index (χ0) is 11.3. The fourth-order valence-corrected chi connectivity index (χ4v) is 1.17. The summed E-state index contributed by atoms with van der Waals surface area (Å²) in [6.45, 7) is 1.27. The smallest absolute Gasteiger partial charge is 0.337 e. The third-order valence-electron chi connectivity index (χ3n) is 1.99. The Labute approximate surface area is 88.0 Å². The Balaban J connectivity index is 2.60. The highest BCUT2D eigenvalue weighted by molar-refractivity contribution is 5.87. The third kappa shape index (κ3) is 3.65. The predicted octanol–water partition coefficient (Wildman–Crippen LogP) is 0.204. The van der Waals surface area contributed by atoms with Crippen molar-refractivity contribution in [1.29, 1.82) is 0 Å². The lowest BCUT2D eigenvalue weighted by molar-refractivity contribution is 0.0696. The molecule has 0 saturated heterocycles. The van der Waals surface area contributed by atoms with Crippen molar-refractivity contribution in [3.8, 4) is 0 Å². The van der Waals surface area contributed by atoms with Crippen LogP contribution < -0.4 is 0 Å². The van der Waals surface area contributed by atoms with E-state index in [0.29, 0.717) is 13.1 Å². The van der Waals surface area contributed by atoms with Gasteiger partial charge in [-0.05, 0) is 19.2 Å². The second-order valence-corrected chi connectivity index (χ2v) is 3.30. The minimum absolute atomic E-state index is 0.101. The van der Waals surface area contributed by atoms with E-state index in [1.807, 2.05) is 11.9 Å². The molecular formula is C10H14N2O3. The molecule has 1 aromatic heterocycles. The van der Waals surface area contributed by atoms with Gasteiger partial charge in [-0.15, -0.1) is 0 Å². The zero-order valence-corrected chi connectivity index (χ0v) is 8.55. The Kier molecular flexibility index (Phi) is 4.20. The molecule has 0 spiro atoms. The first-order valence-electron chi connectivity index (χ1n) is 4.61. The molecule has 0 amide bonds. The lowest BCUT2D eigenvalue weighted by atomic mass is 10.2. The Morgan fingerprint density at radius 1 is 1.53 bits per heavy atom. The summed E-state index contributed by atoms with van der Waals surface area (Å²) in [7, 11) is 1.86. The number of pyridine rings is 1. The molecule has 15 heavy (non-hydrogen) atoms. The van der Waals surface area contributed by atoms with Gasteiger partial charge in [0.15, 0.2) is 0 Å². The van der Waals surface area contributed by atoms with Crippen LogP contribution in [0.1, 0.15) is 16.1 Å². The SMILES string of the molecule is CN(CCO)Cc1ccc(C(=O)O)cn1. The van der Waals surface area contributed by atoms with Crippen molar-refractivity contribution in [3.63, 3.8) is 0 Å². The van der Waals surface area contributed by atoms with Gasteiger partial charge in [-0.2, -0.15) is 0 Å². The molecular weight excluding hydrogens is 196 g/mol. The van der Waals surface area contributed by atoms with E-state index < -0.39 is 5.97 Å². The van der Waals surface area contributed by atoms with E-state index in [0.717, 1.165) is 5.69 Å². The Morgan fingerprint density at radius 3 is 2.73 bits per heavy atom. The maximum absolute atomic E-state index is 10.6. The molecule has 1 heterocycles. The number of hydrogen-bond acceptors (Lipinski definition) is 4. The topological polar surface area (TPSA) is 73.7 Å². The minimum atomic E-state index is -0.974. The van der Waals surface area contributed by atoms with Crippen LogP contribution in [0.3, 0.4) is 0 Å². The van der Waals surface area contributed by atoms with Crippen molar-refractivity contribution in [3.05, 3.63) is 29.6 Å². The van der Waals surface area contributed by atoms with Gasteiger partial charge < -0.3 is 10.2 Å². The van der Waals surface area contributed by atoms with Crippen LogP contribution in [0.2, 0.25) is 0 Å². The largest absolute Gasteiger partial charge is 0.478 e. The molecule has 2 N–H and O–H groups in total. The van der Waals surface area contributed by atoms with Crippen LogP contribution in [0.5, 0.6) is 0 Å². The van der Waals surface area contributed by atoms with Crippen LogP contribution in [-0.2, 0) is 6.54 Å². The second-order valence-electron chi connectivity index (χ2n) is 3.30. The molecule has 0 bridgehead atoms. The molecule has 0 unspecified atom stereocenters. The summed E-state index contributed by atoms with van der Waals surface area (Å²) >= 11 is 0. The molecule has 82 valence electrons. The summed E-state index contributed by atoms with van der Waals surface area (Å²) < 4.78 is 0. The summed E-state index contributed by atoms with van der Waals surface area (Å²) in [6.07, 6.45) is 1.34. The lowest BCUT2D eigenvalue weighted by Gasteiger charge is -2.13. The second kappa shape index (κ2) is 5.43. The van der Waals surface area contributed by atoms with Gasteiger partial charge in [0.2, 0.25) is 0 Å². The van der Waals surface area contributed by atoms with Crippen LogP contribution in [-0.4, -0.2) is 46.3 Å². The van der Waals surface area contributed by atoms with Crippen molar-refractivity contribution in [2.45, 2.75) is 6.54 Å². The number of aliphatic hydroxyl groups excluding tert-OH is 1. The van der Waals surface area contributed by atoms with Crippen LogP contribution in [0.4, 0.5) is 0 Å². The van der Waals surface area contributed by atoms with Gasteiger partial charge in [-0.25, -0.2) is 4.79 Å². The first kappa shape index (κ1) is 11.6. The number of nitrogens with zero attached hydrogens (tertiary/aromatic N) is 2. The molecule has 5 heteroatoms. The maximum Gasteiger partial charge on any atom is 0.337 e. The monoisotopic (exact) mass is 210 g/mol. The number of rotatable bonds is 5. The highest BCUT2D eigenvalue weighted by Gasteiger charge is 2.04. The first-order chi connectivity index (χ1) is 7.13. The van der Waals surface area contributed by atoms with E-state index in [1.165, 1.54) is 12.3 Å². The van der Waals surface area contributed by atoms with Crippen LogP contribution in [0.25, 0.3) is 0 Å². The first-order valence-corrected chi connectivity index (χ1v) is 4.61. The van der Waals surface area contributed by atoms with E-state index >= 15 is 0 Å². The van der Waals surface area contributed by atoms with E-state index in [9.17, 15) is 4.79 Å². The molecule has 1 aromatic rings. The summed E-state index contributed by atoms with van der Waals surface area (Å²) in [5, 5.41) is 17.4. The molecule has 0 radical (unpaired) electrons. The van der Waals surface area contributed by atoms with Crippen molar-refractivity contribution < 1.29 is 15.0 Å². The molecule has 1 rings (SSSR count). The molecule has 0 atom stereocenters. The molecule has 5 nitrogen and oxygen atoms in total. The highest BCUT2D eigenvalue weighted by Crippen LogP contribution is 2.02. The fourth-order valence-electron chi connectivity index (χ4n) is 1.17. The Morgan fingerprint density at radius 2 is 2.27 bits per heavy atom. The number of aliphatic hydroxyl groups is 1. The quantitative estimate of drug-likeness (QED) is 0.726. The van der Waals surface area contributed by atoms with Crippen molar-refractivity contribution in [2.24, 2.45) is 0 Å². The van der Waals surface area contributed by atoms with E-state index in [-0.39, 0.29) is 12.2 Å². The number of likely N-dealkylation sites (N-methyl/N-ethyl adjacent to an activating group) is 1. The predicted molar refractivity (Wildman–Crippen MR) is 54.6 cm³/mol.